The van der Waals surface area contributed by atoms with E-state index in [0.29, 0.717) is 22.2 Å². The third kappa shape index (κ3) is 2.98. The second-order valence-corrected chi connectivity index (χ2v) is 5.15. The Bertz CT molecular complexity index is 606. The van der Waals surface area contributed by atoms with Gasteiger partial charge in [-0.15, -0.1) is 0 Å². The summed E-state index contributed by atoms with van der Waals surface area (Å²) < 4.78 is 6.55. The van der Waals surface area contributed by atoms with Crippen molar-refractivity contribution < 1.29 is 4.74 Å². The van der Waals surface area contributed by atoms with Gasteiger partial charge in [-0.3, -0.25) is 0 Å². The maximum atomic E-state index is 6.07. The first-order valence-corrected chi connectivity index (χ1v) is 6.53. The third-order valence-electron chi connectivity index (χ3n) is 2.12. The van der Waals surface area contributed by atoms with Crippen LogP contribution in [0.3, 0.4) is 0 Å². The summed E-state index contributed by atoms with van der Waals surface area (Å²) in [4.78, 5) is 4.26. The smallest absolute Gasteiger partial charge is 0.156 e. The van der Waals surface area contributed by atoms with Crippen molar-refractivity contribution >= 4 is 44.7 Å². The normalized spacial score (nSPS) is 10.1. The number of benzene rings is 1. The minimum atomic E-state index is 0.179. The van der Waals surface area contributed by atoms with Crippen LogP contribution in [-0.2, 0) is 0 Å². The number of hydrogen-bond acceptors (Lipinski definition) is 3. The number of aromatic nitrogens is 1. The van der Waals surface area contributed by atoms with Gasteiger partial charge in [0, 0.05) is 10.7 Å². The molecule has 18 heavy (non-hydrogen) atoms. The molecule has 0 unspecified atom stereocenters. The van der Waals surface area contributed by atoms with E-state index in [0.717, 1.165) is 4.47 Å². The molecular weight excluding hydrogens is 336 g/mol. The van der Waals surface area contributed by atoms with Gasteiger partial charge in [-0.2, -0.15) is 0 Å². The highest BCUT2D eigenvalue weighted by atomic mass is 79.9. The van der Waals surface area contributed by atoms with Gasteiger partial charge in [0.15, 0.2) is 5.75 Å². The molecule has 0 fully saturated rings. The number of pyridine rings is 1. The highest BCUT2D eigenvalue weighted by Gasteiger charge is 2.10. The number of ether oxygens (including phenoxy) is 1. The average Bonchev–Trinajstić information content (AvgIpc) is 2.33. The molecule has 0 aliphatic heterocycles. The molecular formula is C12H8BrClN2OS. The van der Waals surface area contributed by atoms with Gasteiger partial charge in [-0.05, 0) is 30.3 Å². The fraction of sp³-hybridized carbons (Fsp3) is 0. The van der Waals surface area contributed by atoms with E-state index in [1.807, 2.05) is 6.07 Å². The Kier molecular flexibility index (Phi) is 4.16. The molecule has 6 heteroatoms. The van der Waals surface area contributed by atoms with E-state index in [2.05, 4.69) is 20.9 Å². The first-order valence-electron chi connectivity index (χ1n) is 4.95. The fourth-order valence-electron chi connectivity index (χ4n) is 1.33. The Balaban J connectivity index is 2.37. The predicted octanol–water partition coefficient (Wildman–Crippen LogP) is 3.92. The minimum Gasteiger partial charge on any atom is -0.453 e. The van der Waals surface area contributed by atoms with Crippen LogP contribution in [0, 0.1) is 0 Å². The van der Waals surface area contributed by atoms with Crippen LogP contribution in [0.1, 0.15) is 5.69 Å². The van der Waals surface area contributed by atoms with E-state index in [9.17, 15) is 0 Å². The van der Waals surface area contributed by atoms with Crippen LogP contribution in [-0.4, -0.2) is 9.97 Å². The molecule has 2 aromatic rings. The summed E-state index contributed by atoms with van der Waals surface area (Å²) >= 11 is 14.3. The first-order chi connectivity index (χ1) is 8.58. The number of hydrogen-bond donors (Lipinski definition) is 1. The SMILES string of the molecule is NC(=S)c1ncccc1Oc1ccc(Br)cc1Cl. The maximum Gasteiger partial charge on any atom is 0.156 e. The Morgan fingerprint density at radius 2 is 2.11 bits per heavy atom. The molecule has 0 radical (unpaired) electrons. The van der Waals surface area contributed by atoms with Crippen LogP contribution in [0.15, 0.2) is 41.0 Å². The zero-order valence-electron chi connectivity index (χ0n) is 9.06. The Labute approximate surface area is 123 Å². The van der Waals surface area contributed by atoms with Crippen molar-refractivity contribution in [3.8, 4) is 11.5 Å². The summed E-state index contributed by atoms with van der Waals surface area (Å²) in [6, 6.07) is 8.80. The summed E-state index contributed by atoms with van der Waals surface area (Å²) in [7, 11) is 0. The minimum absolute atomic E-state index is 0.179. The van der Waals surface area contributed by atoms with Crippen LogP contribution in [0.4, 0.5) is 0 Å². The molecule has 1 aromatic carbocycles. The van der Waals surface area contributed by atoms with Crippen LogP contribution < -0.4 is 10.5 Å². The average molecular weight is 344 g/mol. The number of halogens is 2. The van der Waals surface area contributed by atoms with E-state index in [-0.39, 0.29) is 4.99 Å². The third-order valence-corrected chi connectivity index (χ3v) is 3.10. The maximum absolute atomic E-state index is 6.07. The Morgan fingerprint density at radius 3 is 2.78 bits per heavy atom. The predicted molar refractivity (Wildman–Crippen MR) is 79.4 cm³/mol. The van der Waals surface area contributed by atoms with Gasteiger partial charge in [-0.25, -0.2) is 4.98 Å². The lowest BCUT2D eigenvalue weighted by Gasteiger charge is -2.10. The highest BCUT2D eigenvalue weighted by molar-refractivity contribution is 9.10. The van der Waals surface area contributed by atoms with E-state index >= 15 is 0 Å². The van der Waals surface area contributed by atoms with Gasteiger partial charge in [-0.1, -0.05) is 39.7 Å². The van der Waals surface area contributed by atoms with Crippen molar-refractivity contribution in [2.75, 3.05) is 0 Å². The van der Waals surface area contributed by atoms with Gasteiger partial charge >= 0.3 is 0 Å². The van der Waals surface area contributed by atoms with Crippen LogP contribution in [0.25, 0.3) is 0 Å². The van der Waals surface area contributed by atoms with Crippen LogP contribution >= 0.6 is 39.7 Å². The highest BCUT2D eigenvalue weighted by Crippen LogP contribution is 2.32. The van der Waals surface area contributed by atoms with Crippen LogP contribution in [0.2, 0.25) is 5.02 Å². The molecule has 1 heterocycles. The molecule has 1 aromatic heterocycles. The second kappa shape index (κ2) is 5.65. The van der Waals surface area contributed by atoms with Crippen molar-refractivity contribution in [1.82, 2.24) is 4.98 Å². The largest absolute Gasteiger partial charge is 0.453 e. The van der Waals surface area contributed by atoms with Crippen molar-refractivity contribution in [1.29, 1.82) is 0 Å². The van der Waals surface area contributed by atoms with Crippen molar-refractivity contribution in [3.05, 3.63) is 51.7 Å². The molecule has 0 bridgehead atoms. The van der Waals surface area contributed by atoms with Gasteiger partial charge < -0.3 is 10.5 Å². The molecule has 3 nitrogen and oxygen atoms in total. The number of thiocarbonyl (C=S) groups is 1. The summed E-state index contributed by atoms with van der Waals surface area (Å²) in [5.41, 5.74) is 6.02. The molecule has 0 spiro atoms. The van der Waals surface area contributed by atoms with E-state index < -0.39 is 0 Å². The molecule has 0 atom stereocenters. The molecule has 0 amide bonds. The first kappa shape index (κ1) is 13.3. The second-order valence-electron chi connectivity index (χ2n) is 3.39. The summed E-state index contributed by atoms with van der Waals surface area (Å²) in [6.07, 6.45) is 1.60. The van der Waals surface area contributed by atoms with E-state index in [1.54, 1.807) is 30.5 Å². The van der Waals surface area contributed by atoms with Gasteiger partial charge in [0.2, 0.25) is 0 Å². The summed E-state index contributed by atoms with van der Waals surface area (Å²) in [6.45, 7) is 0. The summed E-state index contributed by atoms with van der Waals surface area (Å²) in [5.74, 6) is 1.000. The van der Waals surface area contributed by atoms with E-state index in [1.165, 1.54) is 0 Å². The van der Waals surface area contributed by atoms with Crippen LogP contribution in [0.5, 0.6) is 11.5 Å². The molecule has 0 aliphatic carbocycles. The topological polar surface area (TPSA) is 48.1 Å². The zero-order valence-corrected chi connectivity index (χ0v) is 12.2. The number of nitrogens with zero attached hydrogens (tertiary/aromatic N) is 1. The summed E-state index contributed by atoms with van der Waals surface area (Å²) in [5, 5.41) is 0.488. The number of nitrogens with two attached hydrogens (primary N) is 1. The van der Waals surface area contributed by atoms with Crippen molar-refractivity contribution in [2.24, 2.45) is 5.73 Å². The van der Waals surface area contributed by atoms with Crippen molar-refractivity contribution in [2.45, 2.75) is 0 Å². The quantitative estimate of drug-likeness (QED) is 0.858. The lowest BCUT2D eigenvalue weighted by Crippen LogP contribution is -2.12. The zero-order chi connectivity index (χ0) is 13.1. The molecule has 2 rings (SSSR count). The van der Waals surface area contributed by atoms with E-state index in [4.69, 9.17) is 34.3 Å². The fourth-order valence-corrected chi connectivity index (χ4v) is 2.20. The molecule has 92 valence electrons. The van der Waals surface area contributed by atoms with Gasteiger partial charge in [0.05, 0.1) is 5.02 Å². The lowest BCUT2D eigenvalue weighted by molar-refractivity contribution is 0.479. The molecule has 0 saturated heterocycles. The molecule has 0 saturated carbocycles. The standard InChI is InChI=1S/C12H8BrClN2OS/c13-7-3-4-9(8(14)6-7)17-10-2-1-5-16-11(10)12(15)18/h1-6H,(H2,15,18). The Morgan fingerprint density at radius 1 is 1.33 bits per heavy atom. The van der Waals surface area contributed by atoms with Gasteiger partial charge in [0.1, 0.15) is 16.4 Å². The Hall–Kier alpha value is -1.17. The molecule has 2 N–H and O–H groups in total. The monoisotopic (exact) mass is 342 g/mol. The van der Waals surface area contributed by atoms with Crippen molar-refractivity contribution in [3.63, 3.8) is 0 Å². The molecule has 0 aliphatic rings. The van der Waals surface area contributed by atoms with Gasteiger partial charge in [0.25, 0.3) is 0 Å². The number of rotatable bonds is 3. The lowest BCUT2D eigenvalue weighted by atomic mass is 10.3.